The van der Waals surface area contributed by atoms with Gasteiger partial charge in [-0.05, 0) is 63.4 Å². The molecule has 9 nitrogen and oxygen atoms in total. The zero-order valence-corrected chi connectivity index (χ0v) is 25.2. The van der Waals surface area contributed by atoms with Gasteiger partial charge in [0.05, 0.1) is 52.6 Å². The van der Waals surface area contributed by atoms with Crippen molar-refractivity contribution in [3.8, 4) is 12.1 Å². The Morgan fingerprint density at radius 2 is 1.93 bits per heavy atom. The minimum Gasteiger partial charge on any atom is -0.461 e. The summed E-state index contributed by atoms with van der Waals surface area (Å²) in [7, 11) is 0. The van der Waals surface area contributed by atoms with Crippen LogP contribution in [0.3, 0.4) is 0 Å². The molecule has 3 aliphatic heterocycles. The number of hydrogen-bond donors (Lipinski definition) is 0. The number of carbonyl (C=O) groups excluding carboxylic acids is 1. The van der Waals surface area contributed by atoms with Gasteiger partial charge < -0.3 is 19.4 Å². The molecule has 2 saturated heterocycles. The van der Waals surface area contributed by atoms with E-state index in [0.29, 0.717) is 50.7 Å². The van der Waals surface area contributed by atoms with Gasteiger partial charge in [0, 0.05) is 31.7 Å². The zero-order valence-electron chi connectivity index (χ0n) is 24.5. The first-order chi connectivity index (χ1) is 21.1. The number of fused-ring (bicyclic) bond motifs is 1. The van der Waals surface area contributed by atoms with E-state index in [1.54, 1.807) is 9.80 Å². The molecule has 13 heteroatoms. The second-order valence-electron chi connectivity index (χ2n) is 12.0. The second-order valence-corrected chi connectivity index (χ2v) is 12.4. The molecular weight excluding hydrogens is 595 g/mol. The lowest BCUT2D eigenvalue weighted by molar-refractivity contribution is -0.137. The van der Waals surface area contributed by atoms with Gasteiger partial charge in [0.2, 0.25) is 5.91 Å². The van der Waals surface area contributed by atoms with E-state index in [9.17, 15) is 23.2 Å². The van der Waals surface area contributed by atoms with Crippen LogP contribution in [-0.2, 0) is 23.9 Å². The SMILES string of the molecule is C=CC(=O)N1CCN(c2nc(OCC3(N4CCCC4)CC3)nc3c2CCN(c2cccc(Cl)c2C(F)(F)F)C3)C[C@@H]1CC#N. The smallest absolute Gasteiger partial charge is 0.419 e. The van der Waals surface area contributed by atoms with Gasteiger partial charge in [0.1, 0.15) is 12.4 Å². The molecule has 1 aromatic carbocycles. The van der Waals surface area contributed by atoms with Crippen molar-refractivity contribution in [2.75, 3.05) is 55.7 Å². The topological polar surface area (TPSA) is 88.8 Å². The van der Waals surface area contributed by atoms with Crippen molar-refractivity contribution in [2.24, 2.45) is 0 Å². The fourth-order valence-corrected chi connectivity index (χ4v) is 7.08. The number of piperazine rings is 1. The van der Waals surface area contributed by atoms with Crippen molar-refractivity contribution < 1.29 is 22.7 Å². The van der Waals surface area contributed by atoms with Crippen LogP contribution < -0.4 is 14.5 Å². The van der Waals surface area contributed by atoms with Gasteiger partial charge in [0.15, 0.2) is 0 Å². The monoisotopic (exact) mass is 629 g/mol. The van der Waals surface area contributed by atoms with Crippen LogP contribution >= 0.6 is 11.6 Å². The van der Waals surface area contributed by atoms with Crippen LogP contribution in [0.25, 0.3) is 0 Å². The van der Waals surface area contributed by atoms with Crippen molar-refractivity contribution in [3.63, 3.8) is 0 Å². The van der Waals surface area contributed by atoms with Crippen LogP contribution in [0, 0.1) is 11.3 Å². The fraction of sp³-hybridized carbons (Fsp3) is 0.548. The molecule has 0 N–H and O–H groups in total. The highest BCUT2D eigenvalue weighted by Crippen LogP contribution is 2.45. The van der Waals surface area contributed by atoms with Gasteiger partial charge in [-0.2, -0.15) is 28.4 Å². The van der Waals surface area contributed by atoms with E-state index < -0.39 is 11.7 Å². The summed E-state index contributed by atoms with van der Waals surface area (Å²) < 4.78 is 48.5. The maximum Gasteiger partial charge on any atom is 0.419 e. The first kappa shape index (κ1) is 30.5. The standard InChI is InChI=1S/C31H35ClF3N7O2/c1-2-26(43)42-17-16-40(18-21(42)8-12-36)28-22-9-15-39(25-7-5-6-23(32)27(25)31(33,34)35)19-24(22)37-29(38-28)44-20-30(10-11-30)41-13-3-4-14-41/h2,5-7,21H,1,3-4,8-11,13-20H2/t21-/m0/s1. The molecule has 1 amide bonds. The number of ether oxygens (including phenoxy) is 1. The van der Waals surface area contributed by atoms with Gasteiger partial charge >= 0.3 is 12.2 Å². The number of anilines is 2. The molecule has 1 aliphatic carbocycles. The molecule has 0 radical (unpaired) electrons. The average Bonchev–Trinajstić information content (AvgIpc) is 3.59. The minimum atomic E-state index is -4.62. The predicted molar refractivity (Wildman–Crippen MR) is 160 cm³/mol. The number of halogens is 4. The maximum atomic E-state index is 14.1. The second kappa shape index (κ2) is 12.1. The molecule has 0 unspecified atom stereocenters. The van der Waals surface area contributed by atoms with Crippen molar-refractivity contribution in [1.29, 1.82) is 5.26 Å². The van der Waals surface area contributed by atoms with Gasteiger partial charge in [0.25, 0.3) is 0 Å². The first-order valence-corrected chi connectivity index (χ1v) is 15.4. The number of benzene rings is 1. The van der Waals surface area contributed by atoms with E-state index in [1.807, 2.05) is 4.90 Å². The van der Waals surface area contributed by atoms with Crippen molar-refractivity contribution in [3.05, 3.63) is 52.7 Å². The average molecular weight is 630 g/mol. The summed E-state index contributed by atoms with van der Waals surface area (Å²) in [5.74, 6) is 0.416. The van der Waals surface area contributed by atoms with Crippen LogP contribution in [0.5, 0.6) is 6.01 Å². The minimum absolute atomic E-state index is 0.00915. The Hall–Kier alpha value is -3.56. The number of rotatable bonds is 8. The lowest BCUT2D eigenvalue weighted by Gasteiger charge is -2.42. The number of alkyl halides is 3. The first-order valence-electron chi connectivity index (χ1n) is 15.1. The molecule has 3 fully saturated rings. The van der Waals surface area contributed by atoms with Gasteiger partial charge in [-0.15, -0.1) is 0 Å². The normalized spacial score (nSPS) is 21.5. The molecule has 0 bridgehead atoms. The van der Waals surface area contributed by atoms with E-state index in [0.717, 1.165) is 31.5 Å². The summed E-state index contributed by atoms with van der Waals surface area (Å²) in [6.45, 7) is 7.80. The molecular formula is C31H35ClF3N7O2. The van der Waals surface area contributed by atoms with E-state index >= 15 is 0 Å². The third kappa shape index (κ3) is 5.92. The summed E-state index contributed by atoms with van der Waals surface area (Å²) in [6.07, 6.45) is 1.62. The predicted octanol–water partition coefficient (Wildman–Crippen LogP) is 4.84. The molecule has 234 valence electrons. The van der Waals surface area contributed by atoms with Crippen LogP contribution in [0.15, 0.2) is 30.9 Å². The highest BCUT2D eigenvalue weighted by Gasteiger charge is 2.49. The van der Waals surface area contributed by atoms with Gasteiger partial charge in [-0.3, -0.25) is 9.69 Å². The number of likely N-dealkylation sites (tertiary alicyclic amines) is 1. The maximum absolute atomic E-state index is 14.1. The Bertz CT molecular complexity index is 1470. The summed E-state index contributed by atoms with van der Waals surface area (Å²) in [5, 5.41) is 9.14. The van der Waals surface area contributed by atoms with Crippen LogP contribution in [0.2, 0.25) is 5.02 Å². The lowest BCUT2D eigenvalue weighted by Crippen LogP contribution is -2.55. The van der Waals surface area contributed by atoms with Crippen molar-refractivity contribution >= 4 is 29.0 Å². The van der Waals surface area contributed by atoms with E-state index in [-0.39, 0.29) is 47.2 Å². The third-order valence-corrected chi connectivity index (χ3v) is 9.59. The molecule has 2 aromatic rings. The number of nitriles is 1. The van der Waals surface area contributed by atoms with E-state index in [4.69, 9.17) is 26.3 Å². The Kier molecular flexibility index (Phi) is 8.37. The Morgan fingerprint density at radius 3 is 2.61 bits per heavy atom. The molecule has 1 atom stereocenters. The number of amides is 1. The molecule has 1 saturated carbocycles. The van der Waals surface area contributed by atoms with Gasteiger partial charge in [-0.25, -0.2) is 0 Å². The van der Waals surface area contributed by atoms with Crippen molar-refractivity contribution in [2.45, 2.75) is 62.8 Å². The largest absolute Gasteiger partial charge is 0.461 e. The summed E-state index contributed by atoms with van der Waals surface area (Å²) >= 11 is 6.05. The number of aromatic nitrogens is 2. The molecule has 4 aliphatic rings. The quantitative estimate of drug-likeness (QED) is 0.384. The van der Waals surface area contributed by atoms with E-state index in [2.05, 4.69) is 17.5 Å². The number of nitrogens with zero attached hydrogens (tertiary/aromatic N) is 7. The summed E-state index contributed by atoms with van der Waals surface area (Å²) in [4.78, 5) is 30.0. The summed E-state index contributed by atoms with van der Waals surface area (Å²) in [6, 6.07) is 6.22. The number of carbonyl (C=O) groups is 1. The van der Waals surface area contributed by atoms with Crippen LogP contribution in [-0.4, -0.2) is 83.1 Å². The summed E-state index contributed by atoms with van der Waals surface area (Å²) in [5.41, 5.74) is 0.564. The molecule has 44 heavy (non-hydrogen) atoms. The van der Waals surface area contributed by atoms with Crippen LogP contribution in [0.4, 0.5) is 24.7 Å². The fourth-order valence-electron chi connectivity index (χ4n) is 6.80. The Labute approximate surface area is 259 Å². The highest BCUT2D eigenvalue weighted by molar-refractivity contribution is 6.31. The number of hydrogen-bond acceptors (Lipinski definition) is 8. The Balaban J connectivity index is 1.33. The highest BCUT2D eigenvalue weighted by atomic mass is 35.5. The Morgan fingerprint density at radius 1 is 1.16 bits per heavy atom. The lowest BCUT2D eigenvalue weighted by atomic mass is 10.0. The van der Waals surface area contributed by atoms with Crippen molar-refractivity contribution in [1.82, 2.24) is 19.8 Å². The molecule has 4 heterocycles. The van der Waals surface area contributed by atoms with Crippen LogP contribution in [0.1, 0.15) is 48.9 Å². The molecule has 1 aromatic heterocycles. The molecule has 0 spiro atoms. The van der Waals surface area contributed by atoms with E-state index in [1.165, 1.54) is 37.1 Å². The zero-order chi connectivity index (χ0) is 31.1. The third-order valence-electron chi connectivity index (χ3n) is 9.28. The molecule has 6 rings (SSSR count). The van der Waals surface area contributed by atoms with Gasteiger partial charge in [-0.1, -0.05) is 24.2 Å².